The molecule has 0 fully saturated rings. The summed E-state index contributed by atoms with van der Waals surface area (Å²) in [7, 11) is 1.69. The monoisotopic (exact) mass is 284 g/mol. The summed E-state index contributed by atoms with van der Waals surface area (Å²) in [6.07, 6.45) is 1.79. The van der Waals surface area contributed by atoms with E-state index in [1.165, 1.54) is 22.3 Å². The van der Waals surface area contributed by atoms with Gasteiger partial charge in [-0.2, -0.15) is 0 Å². The van der Waals surface area contributed by atoms with Gasteiger partial charge in [-0.1, -0.05) is 30.3 Å². The summed E-state index contributed by atoms with van der Waals surface area (Å²) in [6, 6.07) is 14.9. The predicted molar refractivity (Wildman–Crippen MR) is 87.4 cm³/mol. The molecule has 0 aliphatic carbocycles. The van der Waals surface area contributed by atoms with Crippen molar-refractivity contribution < 1.29 is 4.74 Å². The molecule has 3 N–H and O–H groups in total. The van der Waals surface area contributed by atoms with Gasteiger partial charge in [0.05, 0.1) is 7.11 Å². The first kappa shape index (κ1) is 15.5. The average molecular weight is 284 g/mol. The van der Waals surface area contributed by atoms with E-state index in [0.29, 0.717) is 0 Å². The molecule has 2 rings (SSSR count). The van der Waals surface area contributed by atoms with Crippen LogP contribution in [0.15, 0.2) is 42.5 Å². The second-order valence-electron chi connectivity index (χ2n) is 5.54. The van der Waals surface area contributed by atoms with Crippen molar-refractivity contribution in [2.75, 3.05) is 7.11 Å². The van der Waals surface area contributed by atoms with E-state index in [9.17, 15) is 0 Å². The maximum atomic E-state index is 5.73. The number of methoxy groups -OCH3 is 1. The van der Waals surface area contributed by atoms with E-state index < -0.39 is 0 Å². The van der Waals surface area contributed by atoms with Gasteiger partial charge in [-0.05, 0) is 61.1 Å². The second-order valence-corrected chi connectivity index (χ2v) is 5.54. The third-order valence-electron chi connectivity index (χ3n) is 3.91. The molecule has 3 nitrogen and oxygen atoms in total. The Morgan fingerprint density at radius 1 is 1.00 bits per heavy atom. The highest BCUT2D eigenvalue weighted by Crippen LogP contribution is 2.16. The minimum absolute atomic E-state index is 0.208. The minimum atomic E-state index is 0.208. The fraction of sp³-hybridized carbons (Fsp3) is 0.333. The van der Waals surface area contributed by atoms with Gasteiger partial charge in [-0.15, -0.1) is 0 Å². The third-order valence-corrected chi connectivity index (χ3v) is 3.91. The lowest BCUT2D eigenvalue weighted by molar-refractivity contribution is 0.413. The molecule has 21 heavy (non-hydrogen) atoms. The highest BCUT2D eigenvalue weighted by Gasteiger charge is 2.10. The van der Waals surface area contributed by atoms with Crippen LogP contribution in [0.1, 0.15) is 22.3 Å². The lowest BCUT2D eigenvalue weighted by Gasteiger charge is -2.17. The fourth-order valence-electron chi connectivity index (χ4n) is 2.49. The van der Waals surface area contributed by atoms with Crippen LogP contribution in [0.5, 0.6) is 5.75 Å². The minimum Gasteiger partial charge on any atom is -0.497 e. The third kappa shape index (κ3) is 4.31. The van der Waals surface area contributed by atoms with Crippen molar-refractivity contribution in [3.63, 3.8) is 0 Å². The summed E-state index contributed by atoms with van der Waals surface area (Å²) in [4.78, 5) is 0. The lowest BCUT2D eigenvalue weighted by Crippen LogP contribution is -2.38. The van der Waals surface area contributed by atoms with Crippen molar-refractivity contribution in [2.45, 2.75) is 32.7 Å². The van der Waals surface area contributed by atoms with E-state index >= 15 is 0 Å². The number of aryl methyl sites for hydroxylation is 2. The predicted octanol–water partition coefficient (Wildman–Crippen LogP) is 2.93. The van der Waals surface area contributed by atoms with Crippen LogP contribution in [0.3, 0.4) is 0 Å². The molecule has 1 unspecified atom stereocenters. The Morgan fingerprint density at radius 3 is 2.33 bits per heavy atom. The number of hydrogen-bond donors (Lipinski definition) is 2. The maximum Gasteiger partial charge on any atom is 0.119 e. The first-order valence-electron chi connectivity index (χ1n) is 7.27. The molecule has 0 aromatic heterocycles. The number of rotatable bonds is 6. The van der Waals surface area contributed by atoms with E-state index in [1.54, 1.807) is 7.11 Å². The summed E-state index contributed by atoms with van der Waals surface area (Å²) < 4.78 is 5.27. The van der Waals surface area contributed by atoms with Crippen molar-refractivity contribution in [3.8, 4) is 5.75 Å². The van der Waals surface area contributed by atoms with Gasteiger partial charge in [0, 0.05) is 6.04 Å². The molecular formula is C18H24N2O. The number of nitrogens with two attached hydrogens (primary N) is 1. The smallest absolute Gasteiger partial charge is 0.119 e. The van der Waals surface area contributed by atoms with Crippen LogP contribution in [0.2, 0.25) is 0 Å². The van der Waals surface area contributed by atoms with E-state index in [-0.39, 0.29) is 6.04 Å². The lowest BCUT2D eigenvalue weighted by atomic mass is 9.97. The molecule has 0 heterocycles. The van der Waals surface area contributed by atoms with Crippen LogP contribution in [0, 0.1) is 13.8 Å². The summed E-state index contributed by atoms with van der Waals surface area (Å²) in [6.45, 7) is 4.28. The molecule has 0 bridgehead atoms. The van der Waals surface area contributed by atoms with Crippen LogP contribution in [-0.2, 0) is 12.8 Å². The summed E-state index contributed by atoms with van der Waals surface area (Å²) in [5.41, 5.74) is 8.11. The number of hydrazine groups is 1. The summed E-state index contributed by atoms with van der Waals surface area (Å²) in [5.74, 6) is 6.61. The Bertz CT molecular complexity index is 596. The average Bonchev–Trinajstić information content (AvgIpc) is 2.50. The van der Waals surface area contributed by atoms with Gasteiger partial charge in [-0.3, -0.25) is 11.3 Å². The van der Waals surface area contributed by atoms with Crippen molar-refractivity contribution in [3.05, 3.63) is 64.7 Å². The van der Waals surface area contributed by atoms with E-state index in [0.717, 1.165) is 18.6 Å². The highest BCUT2D eigenvalue weighted by molar-refractivity contribution is 5.32. The van der Waals surface area contributed by atoms with Crippen molar-refractivity contribution in [1.29, 1.82) is 0 Å². The zero-order chi connectivity index (χ0) is 15.2. The molecule has 0 saturated carbocycles. The SMILES string of the molecule is COc1cccc(CC(Cc2ccc(C)c(C)c2)NN)c1. The fourth-order valence-corrected chi connectivity index (χ4v) is 2.49. The van der Waals surface area contributed by atoms with Crippen LogP contribution in [-0.4, -0.2) is 13.2 Å². The van der Waals surface area contributed by atoms with Gasteiger partial charge in [-0.25, -0.2) is 0 Å². The van der Waals surface area contributed by atoms with Crippen LogP contribution >= 0.6 is 0 Å². The molecule has 0 amide bonds. The normalized spacial score (nSPS) is 12.2. The van der Waals surface area contributed by atoms with Crippen LogP contribution in [0.25, 0.3) is 0 Å². The Morgan fingerprint density at radius 2 is 1.71 bits per heavy atom. The Hall–Kier alpha value is -1.84. The quantitative estimate of drug-likeness (QED) is 0.633. The molecule has 1 atom stereocenters. The summed E-state index contributed by atoms with van der Waals surface area (Å²) in [5, 5.41) is 0. The van der Waals surface area contributed by atoms with E-state index in [4.69, 9.17) is 10.6 Å². The van der Waals surface area contributed by atoms with Crippen molar-refractivity contribution in [1.82, 2.24) is 5.43 Å². The first-order chi connectivity index (χ1) is 10.1. The molecule has 0 saturated heterocycles. The molecular weight excluding hydrogens is 260 g/mol. The number of benzene rings is 2. The number of nitrogens with one attached hydrogen (secondary N) is 1. The Kier molecular flexibility index (Phi) is 5.37. The molecule has 2 aromatic carbocycles. The van der Waals surface area contributed by atoms with Gasteiger partial charge in [0.25, 0.3) is 0 Å². The Labute approximate surface area is 127 Å². The second kappa shape index (κ2) is 7.25. The number of hydrogen-bond acceptors (Lipinski definition) is 3. The maximum absolute atomic E-state index is 5.73. The van der Waals surface area contributed by atoms with Crippen molar-refractivity contribution >= 4 is 0 Å². The first-order valence-corrected chi connectivity index (χ1v) is 7.27. The van der Waals surface area contributed by atoms with Crippen LogP contribution < -0.4 is 16.0 Å². The molecule has 0 radical (unpaired) electrons. The topological polar surface area (TPSA) is 47.3 Å². The van der Waals surface area contributed by atoms with E-state index in [2.05, 4.69) is 49.6 Å². The highest BCUT2D eigenvalue weighted by atomic mass is 16.5. The molecule has 112 valence electrons. The molecule has 2 aromatic rings. The van der Waals surface area contributed by atoms with Gasteiger partial charge in [0.15, 0.2) is 0 Å². The standard InChI is InChI=1S/C18H24N2O/c1-13-7-8-16(9-14(13)2)11-17(20-19)10-15-5-4-6-18(12-15)21-3/h4-9,12,17,20H,10-11,19H2,1-3H3. The van der Waals surface area contributed by atoms with Gasteiger partial charge in [0.1, 0.15) is 5.75 Å². The molecule has 0 spiro atoms. The van der Waals surface area contributed by atoms with Crippen LogP contribution in [0.4, 0.5) is 0 Å². The zero-order valence-corrected chi connectivity index (χ0v) is 13.0. The summed E-state index contributed by atoms with van der Waals surface area (Å²) >= 11 is 0. The number of ether oxygens (including phenoxy) is 1. The molecule has 3 heteroatoms. The Balaban J connectivity index is 2.07. The van der Waals surface area contributed by atoms with Gasteiger partial charge in [0.2, 0.25) is 0 Å². The molecule has 0 aliphatic rings. The van der Waals surface area contributed by atoms with Crippen molar-refractivity contribution in [2.24, 2.45) is 5.84 Å². The molecule has 0 aliphatic heterocycles. The largest absolute Gasteiger partial charge is 0.497 e. The van der Waals surface area contributed by atoms with Gasteiger partial charge < -0.3 is 4.74 Å². The van der Waals surface area contributed by atoms with Gasteiger partial charge >= 0.3 is 0 Å². The zero-order valence-electron chi connectivity index (χ0n) is 13.0. The van der Waals surface area contributed by atoms with E-state index in [1.807, 2.05) is 12.1 Å².